The molecule has 10 heteroatoms. The van der Waals surface area contributed by atoms with Crippen LogP contribution in [-0.4, -0.2) is 69.9 Å². The minimum atomic E-state index is -4.38. The van der Waals surface area contributed by atoms with Crippen molar-refractivity contribution in [3.05, 3.63) is 46.8 Å². The standard InChI is InChI=1S/C29H34F4N3OPS/c1-5-36-15-13-23(22(30)18-36)35-25-9-6-8-20-21(17-29(31,32)33)27(39-28(20)25)10-7-14-34-24-12-11-19(38(3)4)16-26(24)37-2/h6,8-9,11-12,16,22-23,34-35H,5,13-15,17-18H2,1-4H3/t22-,23+/m1/s1. The van der Waals surface area contributed by atoms with E-state index in [-0.39, 0.29) is 26.1 Å². The molecule has 0 unspecified atom stereocenters. The van der Waals surface area contributed by atoms with Crippen LogP contribution in [0.1, 0.15) is 23.8 Å². The van der Waals surface area contributed by atoms with E-state index in [0.717, 1.165) is 18.8 Å². The average molecular weight is 580 g/mol. The third-order valence-corrected chi connectivity index (χ3v) is 9.39. The highest BCUT2D eigenvalue weighted by molar-refractivity contribution is 7.64. The molecule has 210 valence electrons. The third kappa shape index (κ3) is 7.36. The van der Waals surface area contributed by atoms with Gasteiger partial charge >= 0.3 is 6.18 Å². The highest BCUT2D eigenvalue weighted by Gasteiger charge is 2.32. The minimum Gasteiger partial charge on any atom is -0.495 e. The zero-order valence-corrected chi connectivity index (χ0v) is 24.3. The van der Waals surface area contributed by atoms with Crippen LogP contribution in [-0.2, 0) is 6.42 Å². The zero-order valence-electron chi connectivity index (χ0n) is 22.6. The number of fused-ring (bicyclic) bond motifs is 1. The summed E-state index contributed by atoms with van der Waals surface area (Å²) in [6, 6.07) is 10.8. The molecule has 39 heavy (non-hydrogen) atoms. The van der Waals surface area contributed by atoms with E-state index in [1.165, 1.54) is 16.6 Å². The second-order valence-corrected chi connectivity index (χ2v) is 13.1. The lowest BCUT2D eigenvalue weighted by atomic mass is 10.0. The molecule has 1 fully saturated rings. The quantitative estimate of drug-likeness (QED) is 0.177. The number of benzene rings is 2. The Labute approximate surface area is 232 Å². The minimum absolute atomic E-state index is 0.164. The molecule has 1 saturated heterocycles. The van der Waals surface area contributed by atoms with Crippen LogP contribution in [0.5, 0.6) is 5.75 Å². The number of alkyl halides is 4. The van der Waals surface area contributed by atoms with Crippen LogP contribution in [0.3, 0.4) is 0 Å². The van der Waals surface area contributed by atoms with Gasteiger partial charge < -0.3 is 20.3 Å². The van der Waals surface area contributed by atoms with Gasteiger partial charge in [-0.1, -0.05) is 44.9 Å². The molecule has 3 aromatic rings. The number of halogens is 4. The van der Waals surface area contributed by atoms with Crippen LogP contribution in [0.4, 0.5) is 28.9 Å². The van der Waals surface area contributed by atoms with Crippen LogP contribution in [0.15, 0.2) is 36.4 Å². The van der Waals surface area contributed by atoms with Gasteiger partial charge in [0.1, 0.15) is 11.9 Å². The molecule has 2 atom stereocenters. The topological polar surface area (TPSA) is 36.5 Å². The van der Waals surface area contributed by atoms with Gasteiger partial charge in [0.15, 0.2) is 0 Å². The monoisotopic (exact) mass is 579 g/mol. The number of thiophene rings is 1. The molecule has 0 aliphatic carbocycles. The summed E-state index contributed by atoms with van der Waals surface area (Å²) in [5.41, 5.74) is 1.60. The molecule has 2 N–H and O–H groups in total. The highest BCUT2D eigenvalue weighted by atomic mass is 32.1. The van der Waals surface area contributed by atoms with Crippen molar-refractivity contribution in [2.75, 3.05) is 57.3 Å². The van der Waals surface area contributed by atoms with Crippen molar-refractivity contribution < 1.29 is 22.3 Å². The molecule has 1 aromatic heterocycles. The second-order valence-electron chi connectivity index (χ2n) is 9.77. The average Bonchev–Trinajstić information content (AvgIpc) is 3.24. The molecule has 0 radical (unpaired) electrons. The summed E-state index contributed by atoms with van der Waals surface area (Å²) in [6.07, 6.45) is -5.87. The first kappa shape index (κ1) is 29.5. The van der Waals surface area contributed by atoms with Gasteiger partial charge in [-0.15, -0.1) is 11.3 Å². The number of hydrogen-bond acceptors (Lipinski definition) is 5. The van der Waals surface area contributed by atoms with E-state index < -0.39 is 18.8 Å². The molecule has 0 saturated carbocycles. The lowest BCUT2D eigenvalue weighted by Crippen LogP contribution is -2.47. The molecule has 0 spiro atoms. The summed E-state index contributed by atoms with van der Waals surface area (Å²) in [5.74, 6) is 6.67. The summed E-state index contributed by atoms with van der Waals surface area (Å²) < 4.78 is 61.7. The Kier molecular flexibility index (Phi) is 9.64. The number of methoxy groups -OCH3 is 1. The Balaban J connectivity index is 1.59. The van der Waals surface area contributed by atoms with E-state index in [4.69, 9.17) is 4.74 Å². The molecular formula is C29H34F4N3OPS. The largest absolute Gasteiger partial charge is 0.495 e. The fourth-order valence-electron chi connectivity index (χ4n) is 4.75. The number of nitrogens with zero attached hydrogens (tertiary/aromatic N) is 1. The van der Waals surface area contributed by atoms with Gasteiger partial charge in [0.2, 0.25) is 0 Å². The van der Waals surface area contributed by atoms with Crippen LogP contribution < -0.4 is 20.7 Å². The Morgan fingerprint density at radius 2 is 1.97 bits per heavy atom. The maximum absolute atomic E-state index is 14.9. The van der Waals surface area contributed by atoms with Gasteiger partial charge in [-0.05, 0) is 60.7 Å². The van der Waals surface area contributed by atoms with Gasteiger partial charge in [0.05, 0.1) is 47.1 Å². The SMILES string of the molecule is CCN1CC[C@H](Nc2cccc3c(CC(F)(F)F)c(C#CCNc4ccc(P(C)C)cc4OC)sc23)[C@H](F)C1. The smallest absolute Gasteiger partial charge is 0.393 e. The van der Waals surface area contributed by atoms with Crippen molar-refractivity contribution in [2.45, 2.75) is 38.2 Å². The Morgan fingerprint density at radius 3 is 2.64 bits per heavy atom. The molecule has 1 aliphatic heterocycles. The Bertz CT molecular complexity index is 1350. The van der Waals surface area contributed by atoms with Gasteiger partial charge in [0, 0.05) is 13.1 Å². The van der Waals surface area contributed by atoms with Gasteiger partial charge in [-0.3, -0.25) is 0 Å². The molecule has 4 rings (SSSR count). The van der Waals surface area contributed by atoms with E-state index in [0.29, 0.717) is 39.4 Å². The summed E-state index contributed by atoms with van der Waals surface area (Å²) in [4.78, 5) is 2.44. The van der Waals surface area contributed by atoms with E-state index in [1.54, 1.807) is 19.2 Å². The van der Waals surface area contributed by atoms with Crippen molar-refractivity contribution in [3.63, 3.8) is 0 Å². The Morgan fingerprint density at radius 1 is 1.18 bits per heavy atom. The van der Waals surface area contributed by atoms with Crippen molar-refractivity contribution >= 4 is 46.0 Å². The number of rotatable bonds is 8. The van der Waals surface area contributed by atoms with E-state index >= 15 is 0 Å². The molecule has 0 amide bonds. The second kappa shape index (κ2) is 12.8. The molecule has 4 nitrogen and oxygen atoms in total. The summed E-state index contributed by atoms with van der Waals surface area (Å²) >= 11 is 1.23. The number of nitrogens with one attached hydrogen (secondary N) is 2. The molecule has 2 heterocycles. The summed E-state index contributed by atoms with van der Waals surface area (Å²) in [7, 11) is 1.33. The van der Waals surface area contributed by atoms with Crippen LogP contribution in [0, 0.1) is 11.8 Å². The molecule has 1 aliphatic rings. The van der Waals surface area contributed by atoms with Crippen LogP contribution in [0.25, 0.3) is 10.1 Å². The number of anilines is 2. The number of ether oxygens (including phenoxy) is 1. The first-order valence-electron chi connectivity index (χ1n) is 12.9. The molecule has 2 aromatic carbocycles. The van der Waals surface area contributed by atoms with Crippen molar-refractivity contribution in [1.82, 2.24) is 4.90 Å². The van der Waals surface area contributed by atoms with E-state index in [2.05, 4.69) is 40.7 Å². The van der Waals surface area contributed by atoms with Crippen molar-refractivity contribution in [1.29, 1.82) is 0 Å². The number of hydrogen-bond donors (Lipinski definition) is 2. The summed E-state index contributed by atoms with van der Waals surface area (Å²) in [6.45, 7) is 8.51. The number of likely N-dealkylation sites (tertiary alicyclic amines) is 1. The first-order valence-corrected chi connectivity index (χ1v) is 16.0. The number of piperidine rings is 1. The third-order valence-electron chi connectivity index (χ3n) is 6.88. The summed E-state index contributed by atoms with van der Waals surface area (Å²) in [5, 5.41) is 8.22. The Hall–Kier alpha value is -2.53. The lowest BCUT2D eigenvalue weighted by Gasteiger charge is -2.35. The predicted molar refractivity (Wildman–Crippen MR) is 157 cm³/mol. The predicted octanol–water partition coefficient (Wildman–Crippen LogP) is 6.69. The van der Waals surface area contributed by atoms with E-state index in [1.807, 2.05) is 31.2 Å². The molecule has 0 bridgehead atoms. The normalized spacial score (nSPS) is 18.2. The fourth-order valence-corrected chi connectivity index (χ4v) is 6.67. The zero-order chi connectivity index (χ0) is 28.2. The lowest BCUT2D eigenvalue weighted by molar-refractivity contribution is -0.126. The van der Waals surface area contributed by atoms with Gasteiger partial charge in [-0.2, -0.15) is 13.2 Å². The van der Waals surface area contributed by atoms with Crippen molar-refractivity contribution in [3.8, 4) is 17.6 Å². The molecular weight excluding hydrogens is 545 g/mol. The van der Waals surface area contributed by atoms with Crippen molar-refractivity contribution in [2.24, 2.45) is 0 Å². The maximum Gasteiger partial charge on any atom is 0.393 e. The first-order chi connectivity index (χ1) is 18.6. The van der Waals surface area contributed by atoms with Gasteiger partial charge in [0.25, 0.3) is 0 Å². The maximum atomic E-state index is 14.9. The van der Waals surface area contributed by atoms with Gasteiger partial charge in [-0.25, -0.2) is 4.39 Å². The van der Waals surface area contributed by atoms with E-state index in [9.17, 15) is 17.6 Å². The fraction of sp³-hybridized carbons (Fsp3) is 0.448. The van der Waals surface area contributed by atoms with Crippen LogP contribution in [0.2, 0.25) is 0 Å². The van der Waals surface area contributed by atoms with Crippen LogP contribution >= 0.6 is 19.3 Å². The highest BCUT2D eigenvalue weighted by Crippen LogP contribution is 2.39.